The Morgan fingerprint density at radius 2 is 1.86 bits per heavy atom. The lowest BCUT2D eigenvalue weighted by Gasteiger charge is -2.05. The second-order valence-electron chi connectivity index (χ2n) is 5.14. The number of likely N-dealkylation sites (N-methyl/N-ethyl adjacent to an activating group) is 1. The fraction of sp³-hybridized carbons (Fsp3) is 0.333. The van der Waals surface area contributed by atoms with E-state index in [4.69, 9.17) is 9.15 Å². The highest BCUT2D eigenvalue weighted by molar-refractivity contribution is 6.04. The zero-order valence-corrected chi connectivity index (χ0v) is 12.4. The van der Waals surface area contributed by atoms with Crippen LogP contribution in [0.25, 0.3) is 21.9 Å². The molecule has 0 unspecified atom stereocenters. The summed E-state index contributed by atoms with van der Waals surface area (Å²) in [6.07, 6.45) is 0.932. The van der Waals surface area contributed by atoms with Gasteiger partial charge in [0.25, 0.3) is 0 Å². The molecule has 3 nitrogen and oxygen atoms in total. The van der Waals surface area contributed by atoms with Gasteiger partial charge in [-0.25, -0.2) is 0 Å². The highest BCUT2D eigenvalue weighted by Gasteiger charge is 2.06. The summed E-state index contributed by atoms with van der Waals surface area (Å²) in [5, 5.41) is 5.62. The molecule has 3 aromatic rings. The van der Waals surface area contributed by atoms with Crippen LogP contribution in [0.3, 0.4) is 0 Å². The molecule has 0 aliphatic heterocycles. The predicted molar refractivity (Wildman–Crippen MR) is 86.8 cm³/mol. The molecule has 1 aromatic heterocycles. The molecule has 1 N–H and O–H groups in total. The predicted octanol–water partition coefficient (Wildman–Crippen LogP) is 3.75. The maximum absolute atomic E-state index is 5.84. The number of fused-ring (bicyclic) bond motifs is 3. The lowest BCUT2D eigenvalue weighted by molar-refractivity contribution is 0.139. The molecule has 1 heterocycles. The Balaban J connectivity index is 1.68. The largest absolute Gasteiger partial charge is 0.456 e. The van der Waals surface area contributed by atoms with Gasteiger partial charge in [-0.05, 0) is 36.7 Å². The Hall–Kier alpha value is -1.84. The van der Waals surface area contributed by atoms with Gasteiger partial charge in [-0.15, -0.1) is 0 Å². The molecule has 0 saturated carbocycles. The van der Waals surface area contributed by atoms with Crippen molar-refractivity contribution in [3.8, 4) is 0 Å². The number of furan rings is 1. The zero-order chi connectivity index (χ0) is 14.5. The summed E-state index contributed by atoms with van der Waals surface area (Å²) in [6.45, 7) is 5.54. The number of hydrogen-bond acceptors (Lipinski definition) is 3. The van der Waals surface area contributed by atoms with Crippen LogP contribution >= 0.6 is 0 Å². The molecule has 0 saturated heterocycles. The molecule has 3 rings (SSSR count). The summed E-state index contributed by atoms with van der Waals surface area (Å²) in [4.78, 5) is 0. The molecule has 2 aromatic carbocycles. The van der Waals surface area contributed by atoms with Crippen molar-refractivity contribution in [2.24, 2.45) is 0 Å². The minimum Gasteiger partial charge on any atom is -0.456 e. The number of hydrogen-bond donors (Lipinski definition) is 1. The lowest BCUT2D eigenvalue weighted by atomic mass is 10.1. The summed E-state index contributed by atoms with van der Waals surface area (Å²) in [6, 6.07) is 14.6. The minimum atomic E-state index is 0.757. The third-order valence-corrected chi connectivity index (χ3v) is 3.65. The summed E-state index contributed by atoms with van der Waals surface area (Å²) in [7, 11) is 0. The van der Waals surface area contributed by atoms with E-state index in [9.17, 15) is 0 Å². The first-order valence-corrected chi connectivity index (χ1v) is 7.57. The number of rotatable bonds is 7. The van der Waals surface area contributed by atoms with Crippen LogP contribution in [0.2, 0.25) is 0 Å². The van der Waals surface area contributed by atoms with Crippen LogP contribution in [0.1, 0.15) is 12.5 Å². The Kier molecular flexibility index (Phi) is 4.53. The van der Waals surface area contributed by atoms with Gasteiger partial charge in [0.1, 0.15) is 11.2 Å². The molecule has 21 heavy (non-hydrogen) atoms. The first kappa shape index (κ1) is 14.1. The molecule has 0 aliphatic carbocycles. The summed E-state index contributed by atoms with van der Waals surface area (Å²) in [5.74, 6) is 0. The van der Waals surface area contributed by atoms with Gasteiger partial charge >= 0.3 is 0 Å². The molecule has 110 valence electrons. The van der Waals surface area contributed by atoms with Crippen LogP contribution < -0.4 is 5.32 Å². The van der Waals surface area contributed by atoms with E-state index in [-0.39, 0.29) is 0 Å². The van der Waals surface area contributed by atoms with E-state index in [0.717, 1.165) is 43.9 Å². The van der Waals surface area contributed by atoms with E-state index in [2.05, 4.69) is 36.5 Å². The van der Waals surface area contributed by atoms with Crippen LogP contribution in [-0.4, -0.2) is 26.3 Å². The fourth-order valence-corrected chi connectivity index (χ4v) is 2.54. The van der Waals surface area contributed by atoms with E-state index in [0.29, 0.717) is 0 Å². The normalized spacial score (nSPS) is 11.5. The monoisotopic (exact) mass is 283 g/mol. The van der Waals surface area contributed by atoms with Gasteiger partial charge in [-0.3, -0.25) is 0 Å². The highest BCUT2D eigenvalue weighted by Crippen LogP contribution is 2.29. The SMILES string of the molecule is CCNCCOCCc1ccc2oc3ccccc3c2c1. The molecular weight excluding hydrogens is 262 g/mol. The second kappa shape index (κ2) is 6.74. The summed E-state index contributed by atoms with van der Waals surface area (Å²) < 4.78 is 11.5. The Labute approximate surface area is 124 Å². The van der Waals surface area contributed by atoms with Gasteiger partial charge in [0.05, 0.1) is 13.2 Å². The van der Waals surface area contributed by atoms with Gasteiger partial charge in [0, 0.05) is 17.3 Å². The van der Waals surface area contributed by atoms with Gasteiger partial charge in [-0.1, -0.05) is 31.2 Å². The average molecular weight is 283 g/mol. The molecule has 0 atom stereocenters. The minimum absolute atomic E-state index is 0.757. The zero-order valence-electron chi connectivity index (χ0n) is 12.4. The Bertz CT molecular complexity index is 717. The van der Waals surface area contributed by atoms with Crippen molar-refractivity contribution in [2.45, 2.75) is 13.3 Å². The summed E-state index contributed by atoms with van der Waals surface area (Å²) in [5.41, 5.74) is 3.19. The topological polar surface area (TPSA) is 34.4 Å². The third kappa shape index (κ3) is 3.26. The maximum Gasteiger partial charge on any atom is 0.135 e. The first-order chi connectivity index (χ1) is 10.4. The fourth-order valence-electron chi connectivity index (χ4n) is 2.54. The van der Waals surface area contributed by atoms with E-state index < -0.39 is 0 Å². The molecule has 0 radical (unpaired) electrons. The molecule has 3 heteroatoms. The summed E-state index contributed by atoms with van der Waals surface area (Å²) >= 11 is 0. The maximum atomic E-state index is 5.84. The third-order valence-electron chi connectivity index (χ3n) is 3.65. The van der Waals surface area contributed by atoms with Crippen LogP contribution in [0.5, 0.6) is 0 Å². The van der Waals surface area contributed by atoms with Crippen molar-refractivity contribution < 1.29 is 9.15 Å². The van der Waals surface area contributed by atoms with E-state index in [1.807, 2.05) is 18.2 Å². The smallest absolute Gasteiger partial charge is 0.135 e. The Morgan fingerprint density at radius 3 is 2.76 bits per heavy atom. The average Bonchev–Trinajstić information content (AvgIpc) is 2.89. The molecule has 0 fully saturated rings. The standard InChI is InChI=1S/C18H21NO2/c1-2-19-10-12-20-11-9-14-7-8-18-16(13-14)15-5-3-4-6-17(15)21-18/h3-8,13,19H,2,9-12H2,1H3. The number of para-hydroxylation sites is 1. The van der Waals surface area contributed by atoms with Crippen LogP contribution in [0.4, 0.5) is 0 Å². The van der Waals surface area contributed by atoms with Crippen molar-refractivity contribution in [1.29, 1.82) is 0 Å². The van der Waals surface area contributed by atoms with Crippen molar-refractivity contribution in [3.05, 3.63) is 48.0 Å². The quantitative estimate of drug-likeness (QED) is 0.670. The number of nitrogens with one attached hydrogen (secondary N) is 1. The van der Waals surface area contributed by atoms with Crippen molar-refractivity contribution in [1.82, 2.24) is 5.32 Å². The lowest BCUT2D eigenvalue weighted by Crippen LogP contribution is -2.19. The Morgan fingerprint density at radius 1 is 1.00 bits per heavy atom. The first-order valence-electron chi connectivity index (χ1n) is 7.57. The number of ether oxygens (including phenoxy) is 1. The van der Waals surface area contributed by atoms with Gasteiger partial charge < -0.3 is 14.5 Å². The van der Waals surface area contributed by atoms with Crippen molar-refractivity contribution >= 4 is 21.9 Å². The van der Waals surface area contributed by atoms with Crippen molar-refractivity contribution in [2.75, 3.05) is 26.3 Å². The highest BCUT2D eigenvalue weighted by atomic mass is 16.5. The van der Waals surface area contributed by atoms with Gasteiger partial charge in [0.15, 0.2) is 0 Å². The van der Waals surface area contributed by atoms with Crippen molar-refractivity contribution in [3.63, 3.8) is 0 Å². The van der Waals surface area contributed by atoms with Crippen LogP contribution in [-0.2, 0) is 11.2 Å². The molecule has 0 bridgehead atoms. The van der Waals surface area contributed by atoms with E-state index in [1.54, 1.807) is 0 Å². The van der Waals surface area contributed by atoms with E-state index >= 15 is 0 Å². The van der Waals surface area contributed by atoms with Gasteiger partial charge in [-0.2, -0.15) is 0 Å². The molecule has 0 aliphatic rings. The molecule has 0 spiro atoms. The number of benzene rings is 2. The van der Waals surface area contributed by atoms with Crippen LogP contribution in [0, 0.1) is 0 Å². The van der Waals surface area contributed by atoms with E-state index in [1.165, 1.54) is 16.3 Å². The van der Waals surface area contributed by atoms with Gasteiger partial charge in [0.2, 0.25) is 0 Å². The molecule has 0 amide bonds. The van der Waals surface area contributed by atoms with Crippen LogP contribution in [0.15, 0.2) is 46.9 Å². The second-order valence-corrected chi connectivity index (χ2v) is 5.14. The molecular formula is C18H21NO2.